The van der Waals surface area contributed by atoms with E-state index in [1.54, 1.807) is 4.74 Å². The summed E-state index contributed by atoms with van der Waals surface area (Å²) in [6.07, 6.45) is -21.1. The molecule has 0 saturated heterocycles. The van der Waals surface area contributed by atoms with Crippen LogP contribution in [-0.2, 0) is 19.6 Å². The van der Waals surface area contributed by atoms with Gasteiger partial charge in [-0.15, -0.1) is 0 Å². The van der Waals surface area contributed by atoms with Gasteiger partial charge in [-0.2, -0.15) is 43.9 Å². The second-order valence-electron chi connectivity index (χ2n) is 3.45. The first kappa shape index (κ1) is 25.9. The second kappa shape index (κ2) is 7.11. The number of hydrogen-bond acceptors (Lipinski definition) is 5. The molecule has 0 heterocycles. The Balaban J connectivity index is 0. The molecule has 0 aliphatic carbocycles. The average molecular weight is 402 g/mol. The van der Waals surface area contributed by atoms with Crippen molar-refractivity contribution in [3.8, 4) is 0 Å². The fourth-order valence-electron chi connectivity index (χ4n) is 0.825. The maximum Gasteiger partial charge on any atom is 1.00 e. The largest absolute Gasteiger partial charge is 1.00 e. The zero-order valence-corrected chi connectivity index (χ0v) is 11.6. The van der Waals surface area contributed by atoms with Crippen LogP contribution in [0.4, 0.5) is 48.3 Å². The summed E-state index contributed by atoms with van der Waals surface area (Å²) in [5.74, 6) is -7.14. The molecule has 5 nitrogen and oxygen atoms in total. The first-order valence-corrected chi connectivity index (χ1v) is 5.92. The van der Waals surface area contributed by atoms with Gasteiger partial charge in [-0.3, -0.25) is 9.47 Å². The van der Waals surface area contributed by atoms with Gasteiger partial charge in [-0.05, 0) is 0 Å². The zero-order chi connectivity index (χ0) is 19.1. The quantitative estimate of drug-likeness (QED) is 0.326. The topological polar surface area (TPSA) is 75.7 Å². The molecule has 0 aliphatic rings. The number of alkyl halides is 11. The molecule has 0 amide bonds. The molecule has 0 aliphatic heterocycles. The van der Waals surface area contributed by atoms with Crippen molar-refractivity contribution in [2.45, 2.75) is 29.5 Å². The summed E-state index contributed by atoms with van der Waals surface area (Å²) in [7, 11) is -7.49. The first-order chi connectivity index (χ1) is 9.77. The third-order valence-corrected chi connectivity index (χ3v) is 2.76. The van der Waals surface area contributed by atoms with Gasteiger partial charge in [0.15, 0.2) is 17.0 Å². The van der Waals surface area contributed by atoms with Gasteiger partial charge in [0.1, 0.15) is 0 Å². The van der Waals surface area contributed by atoms with E-state index in [0.29, 0.717) is 0 Å². The molecule has 0 aromatic carbocycles. The maximum atomic E-state index is 13.2. The summed E-state index contributed by atoms with van der Waals surface area (Å²) in [4.78, 5) is 0. The van der Waals surface area contributed by atoms with Crippen LogP contribution in [0.1, 0.15) is 0 Å². The van der Waals surface area contributed by atoms with E-state index >= 15 is 0 Å². The molecule has 0 aromatic heterocycles. The standard InChI is InChI=1S/C6H3F11O5S.Li/c7-1-21-4(12,13)2(8,3(9,10)11)22-5(14,15)6(16,17)23(18,19)20;/h1H2,(H,18,19,20);/q;+1/p-1. The van der Waals surface area contributed by atoms with Crippen molar-refractivity contribution in [2.75, 3.05) is 6.86 Å². The molecule has 1 atom stereocenters. The number of hydrogen-bond donors (Lipinski definition) is 0. The monoisotopic (exact) mass is 402 g/mol. The van der Waals surface area contributed by atoms with Gasteiger partial charge in [0.25, 0.3) is 0 Å². The van der Waals surface area contributed by atoms with Crippen molar-refractivity contribution in [3.63, 3.8) is 0 Å². The van der Waals surface area contributed by atoms with E-state index in [9.17, 15) is 61.3 Å². The Labute approximate surface area is 137 Å². The van der Waals surface area contributed by atoms with Crippen LogP contribution in [0, 0.1) is 0 Å². The normalized spacial score (nSPS) is 17.2. The molecular formula is C6H2F11LiO5S. The molecule has 0 fully saturated rings. The van der Waals surface area contributed by atoms with E-state index < -0.39 is 46.5 Å². The van der Waals surface area contributed by atoms with Crippen molar-refractivity contribution in [1.29, 1.82) is 0 Å². The van der Waals surface area contributed by atoms with Gasteiger partial charge in [-0.25, -0.2) is 12.8 Å². The SMILES string of the molecule is O=S(=O)([O-])C(F)(F)C(F)(F)OC(F)(C(F)(F)F)C(F)(F)OCF.[Li+]. The molecule has 0 bridgehead atoms. The second-order valence-corrected chi connectivity index (χ2v) is 4.87. The Hall–Kier alpha value is -0.343. The van der Waals surface area contributed by atoms with E-state index in [2.05, 4.69) is 4.74 Å². The van der Waals surface area contributed by atoms with Crippen LogP contribution in [-0.4, -0.2) is 49.3 Å². The number of halogens is 11. The van der Waals surface area contributed by atoms with Gasteiger partial charge in [0.05, 0.1) is 0 Å². The molecule has 0 saturated carbocycles. The van der Waals surface area contributed by atoms with Crippen LogP contribution in [0.15, 0.2) is 0 Å². The van der Waals surface area contributed by atoms with Crippen molar-refractivity contribution >= 4 is 10.1 Å². The van der Waals surface area contributed by atoms with Gasteiger partial charge in [0.2, 0.25) is 0 Å². The minimum atomic E-state index is -7.49. The molecule has 24 heavy (non-hydrogen) atoms. The smallest absolute Gasteiger partial charge is 0.743 e. The van der Waals surface area contributed by atoms with Crippen LogP contribution in [0.25, 0.3) is 0 Å². The minimum Gasteiger partial charge on any atom is -0.743 e. The summed E-state index contributed by atoms with van der Waals surface area (Å²) < 4.78 is 170. The molecule has 0 radical (unpaired) electrons. The Morgan fingerprint density at radius 1 is 0.833 bits per heavy atom. The fourth-order valence-corrected chi connectivity index (χ4v) is 1.16. The van der Waals surface area contributed by atoms with Crippen LogP contribution >= 0.6 is 0 Å². The number of ether oxygens (including phenoxy) is 2. The molecule has 18 heteroatoms. The Kier molecular flexibility index (Phi) is 7.67. The van der Waals surface area contributed by atoms with Gasteiger partial charge in [-0.1, -0.05) is 0 Å². The first-order valence-electron chi connectivity index (χ1n) is 4.51. The summed E-state index contributed by atoms with van der Waals surface area (Å²) in [6.45, 7) is -2.92. The Morgan fingerprint density at radius 2 is 1.21 bits per heavy atom. The van der Waals surface area contributed by atoms with Gasteiger partial charge < -0.3 is 4.55 Å². The molecular weight excluding hydrogens is 400 g/mol. The van der Waals surface area contributed by atoms with E-state index in [4.69, 9.17) is 0 Å². The number of rotatable bonds is 7. The third-order valence-electron chi connectivity index (χ3n) is 1.90. The summed E-state index contributed by atoms with van der Waals surface area (Å²) in [5, 5.41) is -7.09. The molecule has 0 N–H and O–H groups in total. The van der Waals surface area contributed by atoms with E-state index in [-0.39, 0.29) is 18.9 Å². The van der Waals surface area contributed by atoms with Crippen LogP contribution in [0.3, 0.4) is 0 Å². The van der Waals surface area contributed by atoms with Gasteiger partial charge >= 0.3 is 48.4 Å². The zero-order valence-electron chi connectivity index (χ0n) is 10.8. The predicted molar refractivity (Wildman–Crippen MR) is 42.6 cm³/mol. The molecule has 140 valence electrons. The van der Waals surface area contributed by atoms with Gasteiger partial charge in [0, 0.05) is 0 Å². The van der Waals surface area contributed by atoms with Crippen molar-refractivity contribution in [3.05, 3.63) is 0 Å². The van der Waals surface area contributed by atoms with Crippen molar-refractivity contribution in [2.24, 2.45) is 0 Å². The summed E-state index contributed by atoms with van der Waals surface area (Å²) >= 11 is 0. The van der Waals surface area contributed by atoms with Crippen molar-refractivity contribution < 1.29 is 89.6 Å². The van der Waals surface area contributed by atoms with E-state index in [0.717, 1.165) is 0 Å². The van der Waals surface area contributed by atoms with Crippen molar-refractivity contribution in [1.82, 2.24) is 0 Å². The Morgan fingerprint density at radius 3 is 1.46 bits per heavy atom. The molecule has 0 rings (SSSR count). The maximum absolute atomic E-state index is 13.2. The fraction of sp³-hybridized carbons (Fsp3) is 1.00. The molecule has 0 spiro atoms. The summed E-state index contributed by atoms with van der Waals surface area (Å²) in [6, 6.07) is 0. The third kappa shape index (κ3) is 4.43. The minimum absolute atomic E-state index is 0. The van der Waals surface area contributed by atoms with E-state index in [1.807, 2.05) is 0 Å². The average Bonchev–Trinajstić information content (AvgIpc) is 2.24. The Bertz CT molecular complexity index is 534. The predicted octanol–water partition coefficient (Wildman–Crippen LogP) is -0.498. The summed E-state index contributed by atoms with van der Waals surface area (Å²) in [5.41, 5.74) is 0. The molecule has 0 aromatic rings. The van der Waals surface area contributed by atoms with Crippen LogP contribution < -0.4 is 18.9 Å². The van der Waals surface area contributed by atoms with Crippen LogP contribution in [0.2, 0.25) is 0 Å². The molecule has 1 unspecified atom stereocenters. The van der Waals surface area contributed by atoms with E-state index in [1.165, 1.54) is 0 Å². The van der Waals surface area contributed by atoms with Crippen LogP contribution in [0.5, 0.6) is 0 Å².